The zero-order valence-corrected chi connectivity index (χ0v) is 6.83. The van der Waals surface area contributed by atoms with E-state index in [1.165, 1.54) is 0 Å². The number of rotatable bonds is 4. The minimum atomic E-state index is 0.705. The van der Waals surface area contributed by atoms with Crippen LogP contribution < -0.4 is 10.6 Å². The molecule has 0 atom stereocenters. The molecule has 5 heteroatoms. The van der Waals surface area contributed by atoms with Crippen LogP contribution >= 0.6 is 0 Å². The van der Waals surface area contributed by atoms with E-state index in [0.29, 0.717) is 6.67 Å². The summed E-state index contributed by atoms with van der Waals surface area (Å²) in [7, 11) is 3.76. The largest absolute Gasteiger partial charge is 0.314 e. The van der Waals surface area contributed by atoms with Crippen molar-refractivity contribution in [3.63, 3.8) is 0 Å². The molecule has 0 aromatic carbocycles. The highest BCUT2D eigenvalue weighted by molar-refractivity contribution is 4.90. The molecule has 0 aliphatic heterocycles. The van der Waals surface area contributed by atoms with Gasteiger partial charge in [0.15, 0.2) is 0 Å². The van der Waals surface area contributed by atoms with E-state index < -0.39 is 0 Å². The van der Waals surface area contributed by atoms with Crippen molar-refractivity contribution < 1.29 is 0 Å². The van der Waals surface area contributed by atoms with Crippen LogP contribution in [0.3, 0.4) is 0 Å². The molecule has 1 heterocycles. The van der Waals surface area contributed by atoms with Crippen molar-refractivity contribution in [2.45, 2.75) is 13.2 Å². The van der Waals surface area contributed by atoms with E-state index in [2.05, 4.69) is 20.9 Å². The molecule has 0 unspecified atom stereocenters. The molecule has 62 valence electrons. The molecule has 0 saturated heterocycles. The first-order chi connectivity index (χ1) is 5.36. The molecule has 1 aromatic rings. The second-order valence-electron chi connectivity index (χ2n) is 2.29. The average molecular weight is 155 g/mol. The molecule has 2 N–H and O–H groups in total. The molecule has 0 aliphatic carbocycles. The molecule has 0 bridgehead atoms. The van der Waals surface area contributed by atoms with Gasteiger partial charge in [-0.25, -0.2) is 4.68 Å². The van der Waals surface area contributed by atoms with Gasteiger partial charge < -0.3 is 10.6 Å². The third-order valence-corrected chi connectivity index (χ3v) is 1.26. The van der Waals surface area contributed by atoms with E-state index in [1.807, 2.05) is 20.3 Å². The second kappa shape index (κ2) is 4.05. The summed E-state index contributed by atoms with van der Waals surface area (Å²) < 4.78 is 1.76. The number of aromatic nitrogens is 3. The summed E-state index contributed by atoms with van der Waals surface area (Å²) in [6, 6.07) is 0. The van der Waals surface area contributed by atoms with E-state index >= 15 is 0 Å². The van der Waals surface area contributed by atoms with Crippen LogP contribution in [-0.2, 0) is 13.2 Å². The maximum Gasteiger partial charge on any atom is 0.0965 e. The molecule has 0 aliphatic rings. The van der Waals surface area contributed by atoms with Crippen LogP contribution in [0, 0.1) is 0 Å². The first kappa shape index (κ1) is 8.16. The third kappa shape index (κ3) is 2.28. The molecule has 11 heavy (non-hydrogen) atoms. The van der Waals surface area contributed by atoms with Crippen molar-refractivity contribution in [3.05, 3.63) is 11.9 Å². The normalized spacial score (nSPS) is 10.4. The van der Waals surface area contributed by atoms with Gasteiger partial charge in [-0.2, -0.15) is 0 Å². The second-order valence-corrected chi connectivity index (χ2v) is 2.29. The van der Waals surface area contributed by atoms with Gasteiger partial charge in [-0.1, -0.05) is 5.21 Å². The van der Waals surface area contributed by atoms with Gasteiger partial charge in [0.25, 0.3) is 0 Å². The summed E-state index contributed by atoms with van der Waals surface area (Å²) in [6.07, 6.45) is 1.91. The predicted molar refractivity (Wildman–Crippen MR) is 41.8 cm³/mol. The smallest absolute Gasteiger partial charge is 0.0965 e. The lowest BCUT2D eigenvalue weighted by molar-refractivity contribution is 0.537. The monoisotopic (exact) mass is 155 g/mol. The Bertz CT molecular complexity index is 186. The summed E-state index contributed by atoms with van der Waals surface area (Å²) in [5.74, 6) is 0. The molecular weight excluding hydrogens is 142 g/mol. The lowest BCUT2D eigenvalue weighted by Gasteiger charge is -1.94. The molecule has 5 nitrogen and oxygen atoms in total. The maximum atomic E-state index is 3.94. The number of nitrogens with one attached hydrogen (secondary N) is 2. The van der Waals surface area contributed by atoms with Crippen molar-refractivity contribution in [1.29, 1.82) is 0 Å². The lowest BCUT2D eigenvalue weighted by Crippen LogP contribution is -2.13. The molecule has 0 saturated carbocycles. The molecule has 1 rings (SSSR count). The fourth-order valence-electron chi connectivity index (χ4n) is 0.840. The van der Waals surface area contributed by atoms with Gasteiger partial charge in [-0.05, 0) is 14.1 Å². The highest BCUT2D eigenvalue weighted by Gasteiger charge is 1.96. The van der Waals surface area contributed by atoms with Crippen LogP contribution in [0.2, 0.25) is 0 Å². The Hall–Kier alpha value is -0.940. The molecule has 0 amide bonds. The molecule has 1 aromatic heterocycles. The Morgan fingerprint density at radius 3 is 2.91 bits per heavy atom. The van der Waals surface area contributed by atoms with Crippen molar-refractivity contribution in [2.75, 3.05) is 14.1 Å². The Morgan fingerprint density at radius 2 is 2.27 bits per heavy atom. The SMILES string of the molecule is CNCc1cn(CNC)nn1. The van der Waals surface area contributed by atoms with E-state index in [4.69, 9.17) is 0 Å². The fourth-order valence-corrected chi connectivity index (χ4v) is 0.840. The van der Waals surface area contributed by atoms with Gasteiger partial charge in [-0.15, -0.1) is 5.10 Å². The Labute approximate surface area is 65.8 Å². The first-order valence-corrected chi connectivity index (χ1v) is 3.55. The molecule has 0 fully saturated rings. The number of hydrogen-bond donors (Lipinski definition) is 2. The van der Waals surface area contributed by atoms with Gasteiger partial charge >= 0.3 is 0 Å². The summed E-state index contributed by atoms with van der Waals surface area (Å²) in [4.78, 5) is 0. The highest BCUT2D eigenvalue weighted by Crippen LogP contribution is 1.89. The van der Waals surface area contributed by atoms with Crippen LogP contribution in [-0.4, -0.2) is 29.1 Å². The topological polar surface area (TPSA) is 54.8 Å². The summed E-state index contributed by atoms with van der Waals surface area (Å²) >= 11 is 0. The Morgan fingerprint density at radius 1 is 1.45 bits per heavy atom. The fraction of sp³-hybridized carbons (Fsp3) is 0.667. The standard InChI is InChI=1S/C6H13N5/c1-7-3-6-4-11(5-8-2)10-9-6/h4,7-8H,3,5H2,1-2H3. The van der Waals surface area contributed by atoms with E-state index in [-0.39, 0.29) is 0 Å². The van der Waals surface area contributed by atoms with E-state index in [9.17, 15) is 0 Å². The molecule has 0 radical (unpaired) electrons. The van der Waals surface area contributed by atoms with Crippen molar-refractivity contribution in [3.8, 4) is 0 Å². The summed E-state index contributed by atoms with van der Waals surface area (Å²) in [6.45, 7) is 1.47. The van der Waals surface area contributed by atoms with Gasteiger partial charge in [0, 0.05) is 6.54 Å². The van der Waals surface area contributed by atoms with Gasteiger partial charge in [0.1, 0.15) is 0 Å². The van der Waals surface area contributed by atoms with Gasteiger partial charge in [0.2, 0.25) is 0 Å². The predicted octanol–water partition coefficient (Wildman–Crippen LogP) is -0.826. The van der Waals surface area contributed by atoms with Crippen molar-refractivity contribution in [1.82, 2.24) is 25.6 Å². The number of nitrogens with zero attached hydrogens (tertiary/aromatic N) is 3. The average Bonchev–Trinajstić information content (AvgIpc) is 2.38. The van der Waals surface area contributed by atoms with Crippen LogP contribution in [0.5, 0.6) is 0 Å². The quantitative estimate of drug-likeness (QED) is 0.596. The highest BCUT2D eigenvalue weighted by atomic mass is 15.4. The zero-order valence-electron chi connectivity index (χ0n) is 6.83. The van der Waals surface area contributed by atoms with Crippen molar-refractivity contribution >= 4 is 0 Å². The van der Waals surface area contributed by atoms with E-state index in [1.54, 1.807) is 4.68 Å². The maximum absolute atomic E-state index is 3.94. The minimum Gasteiger partial charge on any atom is -0.314 e. The minimum absolute atomic E-state index is 0.705. The Kier molecular flexibility index (Phi) is 3.00. The van der Waals surface area contributed by atoms with Crippen LogP contribution in [0.15, 0.2) is 6.20 Å². The number of hydrogen-bond acceptors (Lipinski definition) is 4. The lowest BCUT2D eigenvalue weighted by atomic mass is 10.5. The summed E-state index contributed by atoms with van der Waals surface area (Å²) in [5, 5.41) is 13.8. The molecular formula is C6H13N5. The van der Waals surface area contributed by atoms with Crippen LogP contribution in [0.25, 0.3) is 0 Å². The zero-order chi connectivity index (χ0) is 8.10. The van der Waals surface area contributed by atoms with Crippen molar-refractivity contribution in [2.24, 2.45) is 0 Å². The van der Waals surface area contributed by atoms with Crippen LogP contribution in [0.1, 0.15) is 5.69 Å². The Balaban J connectivity index is 2.51. The summed E-state index contributed by atoms with van der Waals surface area (Å²) in [5.41, 5.74) is 0.961. The third-order valence-electron chi connectivity index (χ3n) is 1.26. The van der Waals surface area contributed by atoms with Crippen LogP contribution in [0.4, 0.5) is 0 Å². The molecule has 0 spiro atoms. The van der Waals surface area contributed by atoms with E-state index in [0.717, 1.165) is 12.2 Å². The van der Waals surface area contributed by atoms with Gasteiger partial charge in [-0.3, -0.25) is 0 Å². The van der Waals surface area contributed by atoms with Gasteiger partial charge in [0.05, 0.1) is 18.6 Å². The first-order valence-electron chi connectivity index (χ1n) is 3.55.